The molecule has 0 fully saturated rings. The Labute approximate surface area is 165 Å². The summed E-state index contributed by atoms with van der Waals surface area (Å²) < 4.78 is 4.02. The highest BCUT2D eigenvalue weighted by Crippen LogP contribution is 2.29. The molecule has 1 aromatic carbocycles. The number of aryl methyl sites for hydroxylation is 2. The highest BCUT2D eigenvalue weighted by atomic mass is 35.5. The van der Waals surface area contributed by atoms with Crippen LogP contribution in [0.25, 0.3) is 16.6 Å². The van der Waals surface area contributed by atoms with Crippen LogP contribution in [-0.4, -0.2) is 10.2 Å². The fourth-order valence-corrected chi connectivity index (χ4v) is 3.43. The lowest BCUT2D eigenvalue weighted by molar-refractivity contribution is -0.689. The molecule has 136 valence electrons. The normalized spacial score (nSPS) is 10.6. The van der Waals surface area contributed by atoms with Gasteiger partial charge in [-0.1, -0.05) is 42.5 Å². The summed E-state index contributed by atoms with van der Waals surface area (Å²) in [5, 5.41) is 0. The number of carbonyl (C=O) groups is 1. The number of rotatable bonds is 4. The van der Waals surface area contributed by atoms with E-state index in [1.165, 1.54) is 0 Å². The molecule has 4 heteroatoms. The number of aromatic nitrogens is 2. The first kappa shape index (κ1) is 18.9. The van der Waals surface area contributed by atoms with Gasteiger partial charge in [0.1, 0.15) is 5.69 Å². The Kier molecular flexibility index (Phi) is 5.43. The topological polar surface area (TPSA) is 25.4 Å². The first-order chi connectivity index (χ1) is 12.6. The van der Waals surface area contributed by atoms with Gasteiger partial charge < -0.3 is 16.8 Å². The Hall–Kier alpha value is -2.91. The van der Waals surface area contributed by atoms with Crippen LogP contribution in [0, 0.1) is 13.8 Å². The van der Waals surface area contributed by atoms with E-state index in [2.05, 4.69) is 31.2 Å². The molecule has 0 amide bonds. The number of benzene rings is 1. The molecule has 0 aliphatic heterocycles. The summed E-state index contributed by atoms with van der Waals surface area (Å²) in [7, 11) is 0. The number of ketones is 1. The van der Waals surface area contributed by atoms with Gasteiger partial charge in [-0.15, -0.1) is 0 Å². The number of Topliss-reactive ketones (excluding diaryl/α,β-unsaturated/α-hetero) is 1. The van der Waals surface area contributed by atoms with Crippen molar-refractivity contribution in [3.63, 3.8) is 0 Å². The van der Waals surface area contributed by atoms with E-state index in [0.717, 1.165) is 33.6 Å². The van der Waals surface area contributed by atoms with Crippen molar-refractivity contribution in [3.8, 4) is 11.1 Å². The molecule has 4 aromatic rings. The molecular formula is C23H21ClN2O. The van der Waals surface area contributed by atoms with Crippen LogP contribution >= 0.6 is 0 Å². The zero-order valence-corrected chi connectivity index (χ0v) is 16.1. The highest BCUT2D eigenvalue weighted by Gasteiger charge is 2.23. The van der Waals surface area contributed by atoms with Gasteiger partial charge in [0.15, 0.2) is 11.9 Å². The van der Waals surface area contributed by atoms with Crippen molar-refractivity contribution in [1.82, 2.24) is 4.40 Å². The zero-order valence-electron chi connectivity index (χ0n) is 15.4. The minimum absolute atomic E-state index is 0. The van der Waals surface area contributed by atoms with Gasteiger partial charge in [0.25, 0.3) is 0 Å². The van der Waals surface area contributed by atoms with Gasteiger partial charge >= 0.3 is 0 Å². The third-order valence-corrected chi connectivity index (χ3v) is 4.85. The zero-order chi connectivity index (χ0) is 18.1. The number of hydrogen-bond acceptors (Lipinski definition) is 1. The van der Waals surface area contributed by atoms with E-state index < -0.39 is 0 Å². The quantitative estimate of drug-likeness (QED) is 0.390. The second kappa shape index (κ2) is 7.77. The van der Waals surface area contributed by atoms with Crippen LogP contribution in [0.4, 0.5) is 0 Å². The molecule has 3 aromatic heterocycles. The molecule has 0 bridgehead atoms. The van der Waals surface area contributed by atoms with Crippen molar-refractivity contribution >= 4 is 11.3 Å². The van der Waals surface area contributed by atoms with E-state index in [4.69, 9.17) is 0 Å². The van der Waals surface area contributed by atoms with Gasteiger partial charge in [-0.25, -0.2) is 0 Å². The number of carbonyl (C=O) groups excluding carboxylic acids is 1. The summed E-state index contributed by atoms with van der Waals surface area (Å²) in [4.78, 5) is 13.3. The molecule has 0 unspecified atom stereocenters. The molecule has 0 atom stereocenters. The number of hydrogen-bond donors (Lipinski definition) is 0. The minimum atomic E-state index is 0. The van der Waals surface area contributed by atoms with Crippen LogP contribution in [0.2, 0.25) is 0 Å². The largest absolute Gasteiger partial charge is 1.00 e. The maximum absolute atomic E-state index is 13.3. The van der Waals surface area contributed by atoms with Crippen molar-refractivity contribution < 1.29 is 21.8 Å². The summed E-state index contributed by atoms with van der Waals surface area (Å²) in [6, 6.07) is 22.3. The van der Waals surface area contributed by atoms with Crippen molar-refractivity contribution in [2.24, 2.45) is 0 Å². The third-order valence-electron chi connectivity index (χ3n) is 4.85. The van der Waals surface area contributed by atoms with Crippen molar-refractivity contribution in [3.05, 3.63) is 96.1 Å². The Morgan fingerprint density at radius 1 is 0.963 bits per heavy atom. The summed E-state index contributed by atoms with van der Waals surface area (Å²) in [6.07, 6.45) is 3.93. The Bertz CT molecular complexity index is 1100. The summed E-state index contributed by atoms with van der Waals surface area (Å²) >= 11 is 0. The maximum Gasteiger partial charge on any atom is 0.244 e. The van der Waals surface area contributed by atoms with E-state index in [1.54, 1.807) is 0 Å². The van der Waals surface area contributed by atoms with Crippen molar-refractivity contribution in [1.29, 1.82) is 0 Å². The molecule has 0 spiro atoms. The van der Waals surface area contributed by atoms with Crippen LogP contribution in [0.5, 0.6) is 0 Å². The van der Waals surface area contributed by atoms with Gasteiger partial charge in [-0.3, -0.25) is 4.79 Å². The van der Waals surface area contributed by atoms with E-state index in [1.807, 2.05) is 70.7 Å². The SMILES string of the molecule is Cc1cccn2c(C(=O)C[n+]3ccccc3C)c(-c3ccccc3)cc12.[Cl-]. The molecule has 0 aliphatic rings. The van der Waals surface area contributed by atoms with Crippen LogP contribution in [-0.2, 0) is 6.54 Å². The van der Waals surface area contributed by atoms with Gasteiger partial charge in [0.2, 0.25) is 12.3 Å². The van der Waals surface area contributed by atoms with E-state index in [-0.39, 0.29) is 18.2 Å². The average molecular weight is 377 g/mol. The monoisotopic (exact) mass is 376 g/mol. The van der Waals surface area contributed by atoms with Gasteiger partial charge in [-0.05, 0) is 30.2 Å². The fraction of sp³-hybridized carbons (Fsp3) is 0.130. The molecule has 0 N–H and O–H groups in total. The van der Waals surface area contributed by atoms with E-state index >= 15 is 0 Å². The molecule has 0 saturated carbocycles. The van der Waals surface area contributed by atoms with Gasteiger partial charge in [0, 0.05) is 36.3 Å². The molecule has 4 rings (SSSR count). The average Bonchev–Trinajstić information content (AvgIpc) is 3.05. The smallest absolute Gasteiger partial charge is 0.244 e. The summed E-state index contributed by atoms with van der Waals surface area (Å²) in [6.45, 7) is 4.42. The molecule has 27 heavy (non-hydrogen) atoms. The lowest BCUT2D eigenvalue weighted by Crippen LogP contribution is -3.00. The molecule has 0 aliphatic carbocycles. The second-order valence-electron chi connectivity index (χ2n) is 6.61. The number of nitrogens with zero attached hydrogens (tertiary/aromatic N) is 2. The van der Waals surface area contributed by atoms with Crippen LogP contribution in [0.15, 0.2) is 79.1 Å². The van der Waals surface area contributed by atoms with Crippen LogP contribution in [0.1, 0.15) is 21.7 Å². The van der Waals surface area contributed by atoms with Crippen LogP contribution in [0.3, 0.4) is 0 Å². The van der Waals surface area contributed by atoms with Gasteiger partial charge in [-0.2, -0.15) is 4.57 Å². The van der Waals surface area contributed by atoms with Crippen molar-refractivity contribution in [2.45, 2.75) is 20.4 Å². The first-order valence-corrected chi connectivity index (χ1v) is 8.79. The third kappa shape index (κ3) is 3.51. The Balaban J connectivity index is 0.00000210. The first-order valence-electron chi connectivity index (χ1n) is 8.79. The Morgan fingerprint density at radius 3 is 2.44 bits per heavy atom. The highest BCUT2D eigenvalue weighted by molar-refractivity contribution is 6.02. The summed E-state index contributed by atoms with van der Waals surface area (Å²) in [5.74, 6) is 0.105. The predicted octanol–water partition coefficient (Wildman–Crippen LogP) is 1.40. The Morgan fingerprint density at radius 2 is 1.70 bits per heavy atom. The molecule has 0 radical (unpaired) electrons. The minimum Gasteiger partial charge on any atom is -1.00 e. The second-order valence-corrected chi connectivity index (χ2v) is 6.61. The molecule has 0 saturated heterocycles. The van der Waals surface area contributed by atoms with E-state index in [9.17, 15) is 4.79 Å². The summed E-state index contributed by atoms with van der Waals surface area (Å²) in [5.41, 5.74) is 6.09. The van der Waals surface area contributed by atoms with Crippen LogP contribution < -0.4 is 17.0 Å². The molecule has 3 heterocycles. The van der Waals surface area contributed by atoms with Gasteiger partial charge in [0.05, 0.1) is 0 Å². The molecule has 3 nitrogen and oxygen atoms in total. The number of fused-ring (bicyclic) bond motifs is 1. The number of halogens is 1. The standard InChI is InChI=1S/C23H21N2O.ClH/c1-17-9-8-14-25-21(17)15-20(19-11-4-3-5-12-19)23(25)22(26)16-24-13-7-6-10-18(24)2;/h3-15H,16H2,1-2H3;1H/q+1;/p-1. The van der Waals surface area contributed by atoms with Crippen molar-refractivity contribution in [2.75, 3.05) is 0 Å². The lowest BCUT2D eigenvalue weighted by atomic mass is 10.0. The number of pyridine rings is 2. The lowest BCUT2D eigenvalue weighted by Gasteiger charge is -2.06. The maximum atomic E-state index is 13.3. The predicted molar refractivity (Wildman–Crippen MR) is 103 cm³/mol. The fourth-order valence-electron chi connectivity index (χ4n) is 3.43. The molecular weight excluding hydrogens is 356 g/mol. The van der Waals surface area contributed by atoms with E-state index in [0.29, 0.717) is 6.54 Å².